The average Bonchev–Trinajstić information content (AvgIpc) is 2.70. The Bertz CT molecular complexity index is 559. The van der Waals surface area contributed by atoms with Crippen molar-refractivity contribution in [3.05, 3.63) is 29.6 Å². The molecule has 1 heterocycles. The van der Waals surface area contributed by atoms with Crippen LogP contribution in [0, 0.1) is 0 Å². The fourth-order valence-electron chi connectivity index (χ4n) is 1.96. The molecular weight excluding hydrogens is 228 g/mol. The highest BCUT2D eigenvalue weighted by Gasteiger charge is 2.10. The number of benzene rings is 1. The summed E-state index contributed by atoms with van der Waals surface area (Å²) < 4.78 is 0. The second kappa shape index (κ2) is 5.18. The van der Waals surface area contributed by atoms with Gasteiger partial charge in [0.15, 0.2) is 0 Å². The van der Waals surface area contributed by atoms with Crippen molar-refractivity contribution >= 4 is 16.9 Å². The minimum Gasteiger partial charge on any atom is -0.366 e. The Morgan fingerprint density at radius 1 is 1.44 bits per heavy atom. The first-order chi connectivity index (χ1) is 8.58. The third kappa shape index (κ3) is 2.68. The van der Waals surface area contributed by atoms with E-state index in [4.69, 9.17) is 5.73 Å². The summed E-state index contributed by atoms with van der Waals surface area (Å²) in [6.45, 7) is 1.01. The molecule has 0 fully saturated rings. The Kier molecular flexibility index (Phi) is 3.62. The second-order valence-corrected chi connectivity index (χ2v) is 4.66. The van der Waals surface area contributed by atoms with Crippen LogP contribution in [-0.4, -0.2) is 41.4 Å². The van der Waals surface area contributed by atoms with E-state index in [0.29, 0.717) is 11.1 Å². The van der Waals surface area contributed by atoms with E-state index in [9.17, 15) is 4.79 Å². The number of carbonyl (C=O) groups excluding carboxylic acids is 1. The lowest BCUT2D eigenvalue weighted by Crippen LogP contribution is -2.13. The fourth-order valence-corrected chi connectivity index (χ4v) is 1.96. The molecule has 0 radical (unpaired) electrons. The molecular formula is C13H18N4O. The molecule has 1 aromatic carbocycles. The maximum absolute atomic E-state index is 11.3. The number of imidazole rings is 1. The Morgan fingerprint density at radius 3 is 2.89 bits per heavy atom. The van der Waals surface area contributed by atoms with Crippen LogP contribution in [-0.2, 0) is 6.42 Å². The first-order valence-electron chi connectivity index (χ1n) is 6.00. The van der Waals surface area contributed by atoms with Crippen LogP contribution < -0.4 is 5.73 Å². The van der Waals surface area contributed by atoms with Gasteiger partial charge in [-0.2, -0.15) is 0 Å². The van der Waals surface area contributed by atoms with Crippen molar-refractivity contribution in [1.29, 1.82) is 0 Å². The number of nitrogens with two attached hydrogens (primary N) is 1. The number of amides is 1. The van der Waals surface area contributed by atoms with Crippen LogP contribution in [0.3, 0.4) is 0 Å². The average molecular weight is 246 g/mol. The number of carbonyl (C=O) groups is 1. The van der Waals surface area contributed by atoms with Gasteiger partial charge in [0.25, 0.3) is 5.91 Å². The molecule has 0 saturated carbocycles. The van der Waals surface area contributed by atoms with Gasteiger partial charge in [-0.05, 0) is 39.2 Å². The highest BCUT2D eigenvalue weighted by molar-refractivity contribution is 6.03. The SMILES string of the molecule is CN(C)CCCc1nc2c(C(N)=O)cccc2[nH]1. The molecule has 5 heteroatoms. The van der Waals surface area contributed by atoms with Gasteiger partial charge in [0.2, 0.25) is 0 Å². The quantitative estimate of drug-likeness (QED) is 0.831. The van der Waals surface area contributed by atoms with E-state index in [-0.39, 0.29) is 0 Å². The van der Waals surface area contributed by atoms with Crippen molar-refractivity contribution in [1.82, 2.24) is 14.9 Å². The Hall–Kier alpha value is -1.88. The third-order valence-electron chi connectivity index (χ3n) is 2.85. The molecule has 0 saturated heterocycles. The molecule has 0 unspecified atom stereocenters. The van der Waals surface area contributed by atoms with Crippen LogP contribution in [0.4, 0.5) is 0 Å². The number of aromatic amines is 1. The molecule has 1 amide bonds. The van der Waals surface area contributed by atoms with E-state index < -0.39 is 5.91 Å². The fraction of sp³-hybridized carbons (Fsp3) is 0.385. The molecule has 2 aromatic rings. The van der Waals surface area contributed by atoms with Crippen LogP contribution >= 0.6 is 0 Å². The van der Waals surface area contributed by atoms with Crippen LogP contribution in [0.1, 0.15) is 22.6 Å². The molecule has 5 nitrogen and oxygen atoms in total. The highest BCUT2D eigenvalue weighted by atomic mass is 16.1. The molecule has 0 atom stereocenters. The molecule has 0 bridgehead atoms. The smallest absolute Gasteiger partial charge is 0.250 e. The van der Waals surface area contributed by atoms with Crippen LogP contribution in [0.15, 0.2) is 18.2 Å². The first-order valence-corrected chi connectivity index (χ1v) is 6.00. The van der Waals surface area contributed by atoms with Crippen molar-refractivity contribution in [2.75, 3.05) is 20.6 Å². The number of nitrogens with zero attached hydrogens (tertiary/aromatic N) is 2. The summed E-state index contributed by atoms with van der Waals surface area (Å²) in [7, 11) is 4.09. The summed E-state index contributed by atoms with van der Waals surface area (Å²) in [5, 5.41) is 0. The maximum Gasteiger partial charge on any atom is 0.250 e. The zero-order valence-electron chi connectivity index (χ0n) is 10.7. The number of aryl methyl sites for hydroxylation is 1. The van der Waals surface area contributed by atoms with E-state index in [1.165, 1.54) is 0 Å². The summed E-state index contributed by atoms with van der Waals surface area (Å²) in [4.78, 5) is 21.1. The Balaban J connectivity index is 2.22. The number of aromatic nitrogens is 2. The van der Waals surface area contributed by atoms with Gasteiger partial charge >= 0.3 is 0 Å². The summed E-state index contributed by atoms with van der Waals surface area (Å²) in [6, 6.07) is 5.42. The topological polar surface area (TPSA) is 75.0 Å². The van der Waals surface area contributed by atoms with Crippen molar-refractivity contribution in [2.45, 2.75) is 12.8 Å². The van der Waals surface area contributed by atoms with Crippen molar-refractivity contribution in [3.8, 4) is 0 Å². The van der Waals surface area contributed by atoms with Gasteiger partial charge in [-0.25, -0.2) is 4.98 Å². The minimum atomic E-state index is -0.438. The Morgan fingerprint density at radius 2 is 2.22 bits per heavy atom. The predicted molar refractivity (Wildman–Crippen MR) is 71.5 cm³/mol. The van der Waals surface area contributed by atoms with Gasteiger partial charge in [0.05, 0.1) is 11.1 Å². The Labute approximate surface area is 106 Å². The zero-order valence-corrected chi connectivity index (χ0v) is 10.7. The van der Waals surface area contributed by atoms with Crippen LogP contribution in [0.5, 0.6) is 0 Å². The van der Waals surface area contributed by atoms with Crippen molar-refractivity contribution in [2.24, 2.45) is 5.73 Å². The number of para-hydroxylation sites is 1. The van der Waals surface area contributed by atoms with E-state index in [0.717, 1.165) is 30.7 Å². The van der Waals surface area contributed by atoms with Crippen LogP contribution in [0.25, 0.3) is 11.0 Å². The predicted octanol–water partition coefficient (Wildman–Crippen LogP) is 1.16. The monoisotopic (exact) mass is 246 g/mol. The molecule has 0 aliphatic heterocycles. The molecule has 1 aromatic heterocycles. The van der Waals surface area contributed by atoms with Crippen LogP contribution in [0.2, 0.25) is 0 Å². The number of rotatable bonds is 5. The summed E-state index contributed by atoms with van der Waals surface area (Å²) >= 11 is 0. The summed E-state index contributed by atoms with van der Waals surface area (Å²) in [5.41, 5.74) is 7.34. The van der Waals surface area contributed by atoms with E-state index in [1.807, 2.05) is 26.2 Å². The number of hydrogen-bond donors (Lipinski definition) is 2. The zero-order chi connectivity index (χ0) is 13.1. The van der Waals surface area contributed by atoms with Gasteiger partial charge in [0.1, 0.15) is 11.3 Å². The standard InChI is InChI=1S/C13H18N4O/c1-17(2)8-4-7-11-15-10-6-3-5-9(13(14)18)12(10)16-11/h3,5-6H,4,7-8H2,1-2H3,(H2,14,18)(H,15,16). The highest BCUT2D eigenvalue weighted by Crippen LogP contribution is 2.16. The van der Waals surface area contributed by atoms with Gasteiger partial charge in [-0.3, -0.25) is 4.79 Å². The molecule has 2 rings (SSSR count). The van der Waals surface area contributed by atoms with E-state index in [2.05, 4.69) is 14.9 Å². The largest absolute Gasteiger partial charge is 0.366 e. The normalized spacial score (nSPS) is 11.3. The third-order valence-corrected chi connectivity index (χ3v) is 2.85. The second-order valence-electron chi connectivity index (χ2n) is 4.66. The van der Waals surface area contributed by atoms with Gasteiger partial charge in [-0.15, -0.1) is 0 Å². The number of fused-ring (bicyclic) bond motifs is 1. The lowest BCUT2D eigenvalue weighted by atomic mass is 10.2. The van der Waals surface area contributed by atoms with E-state index >= 15 is 0 Å². The van der Waals surface area contributed by atoms with Crippen molar-refractivity contribution < 1.29 is 4.79 Å². The lowest BCUT2D eigenvalue weighted by molar-refractivity contribution is 0.100. The molecule has 18 heavy (non-hydrogen) atoms. The first kappa shape index (κ1) is 12.6. The lowest BCUT2D eigenvalue weighted by Gasteiger charge is -2.07. The molecule has 0 spiro atoms. The molecule has 0 aliphatic rings. The maximum atomic E-state index is 11.3. The summed E-state index contributed by atoms with van der Waals surface area (Å²) in [5.74, 6) is 0.465. The number of nitrogens with one attached hydrogen (secondary N) is 1. The van der Waals surface area contributed by atoms with Gasteiger partial charge < -0.3 is 15.6 Å². The number of hydrogen-bond acceptors (Lipinski definition) is 3. The molecule has 96 valence electrons. The molecule has 3 N–H and O–H groups in total. The van der Waals surface area contributed by atoms with Gasteiger partial charge in [0, 0.05) is 6.42 Å². The number of H-pyrrole nitrogens is 1. The molecule has 0 aliphatic carbocycles. The number of primary amides is 1. The van der Waals surface area contributed by atoms with Gasteiger partial charge in [-0.1, -0.05) is 6.07 Å². The minimum absolute atomic E-state index is 0.438. The summed E-state index contributed by atoms with van der Waals surface area (Å²) in [6.07, 6.45) is 1.89. The van der Waals surface area contributed by atoms with Crippen molar-refractivity contribution in [3.63, 3.8) is 0 Å². The van der Waals surface area contributed by atoms with E-state index in [1.54, 1.807) is 6.07 Å².